The van der Waals surface area contributed by atoms with Gasteiger partial charge in [0.15, 0.2) is 5.78 Å². The Morgan fingerprint density at radius 1 is 1.24 bits per heavy atom. The van der Waals surface area contributed by atoms with Crippen LogP contribution in [0.3, 0.4) is 0 Å². The van der Waals surface area contributed by atoms with Crippen LogP contribution in [0.1, 0.15) is 32.8 Å². The van der Waals surface area contributed by atoms with Gasteiger partial charge in [0.25, 0.3) is 0 Å². The van der Waals surface area contributed by atoms with E-state index >= 15 is 0 Å². The van der Waals surface area contributed by atoms with E-state index in [1.807, 2.05) is 38.1 Å². The largest absolute Gasteiger partial charge is 0.497 e. The van der Waals surface area contributed by atoms with E-state index in [9.17, 15) is 9.59 Å². The molecule has 0 aliphatic rings. The summed E-state index contributed by atoms with van der Waals surface area (Å²) in [6.45, 7) is 5.55. The third kappa shape index (κ3) is 6.25. The lowest BCUT2D eigenvalue weighted by Gasteiger charge is -2.16. The minimum absolute atomic E-state index is 0.0186. The number of amides is 1. The summed E-state index contributed by atoms with van der Waals surface area (Å²) in [4.78, 5) is 23.4. The molecule has 1 aromatic carbocycles. The van der Waals surface area contributed by atoms with Gasteiger partial charge in [0.2, 0.25) is 5.91 Å². The molecule has 0 radical (unpaired) electrons. The Bertz CT molecular complexity index is 503. The van der Waals surface area contributed by atoms with Crippen LogP contribution in [-0.4, -0.2) is 24.8 Å². The van der Waals surface area contributed by atoms with Crippen LogP contribution >= 0.6 is 0 Å². The highest BCUT2D eigenvalue weighted by atomic mass is 16.5. The van der Waals surface area contributed by atoms with Crippen molar-refractivity contribution in [2.75, 3.05) is 7.11 Å². The van der Waals surface area contributed by atoms with Crippen LogP contribution in [0.25, 0.3) is 6.08 Å². The average Bonchev–Trinajstić information content (AvgIpc) is 2.44. The van der Waals surface area contributed by atoms with E-state index < -0.39 is 6.04 Å². The Morgan fingerprint density at radius 2 is 1.86 bits per heavy atom. The molecule has 0 saturated carbocycles. The number of hydrogen-bond acceptors (Lipinski definition) is 3. The first-order chi connectivity index (χ1) is 9.92. The Kier molecular flexibility index (Phi) is 6.66. The van der Waals surface area contributed by atoms with Gasteiger partial charge >= 0.3 is 0 Å². The molecule has 0 heterocycles. The molecule has 1 N–H and O–H groups in total. The Hall–Kier alpha value is -2.10. The number of Topliss-reactive ketones (excluding diaryl/α,β-unsaturated/α-hetero) is 1. The average molecular weight is 289 g/mol. The summed E-state index contributed by atoms with van der Waals surface area (Å²) in [7, 11) is 1.61. The van der Waals surface area contributed by atoms with Gasteiger partial charge < -0.3 is 10.1 Å². The number of carbonyl (C=O) groups is 2. The number of nitrogens with one attached hydrogen (secondary N) is 1. The van der Waals surface area contributed by atoms with Crippen molar-refractivity contribution in [2.45, 2.75) is 33.2 Å². The fraction of sp³-hybridized carbons (Fsp3) is 0.412. The van der Waals surface area contributed by atoms with Crippen LogP contribution < -0.4 is 10.1 Å². The molecule has 0 saturated heterocycles. The molecular weight excluding hydrogens is 266 g/mol. The molecular formula is C17H23NO3. The monoisotopic (exact) mass is 289 g/mol. The summed E-state index contributed by atoms with van der Waals surface area (Å²) in [5.74, 6) is 0.844. The summed E-state index contributed by atoms with van der Waals surface area (Å²) in [6.07, 6.45) is 3.80. The van der Waals surface area contributed by atoms with Crippen LogP contribution in [0.4, 0.5) is 0 Å². The zero-order chi connectivity index (χ0) is 15.8. The van der Waals surface area contributed by atoms with Crippen molar-refractivity contribution in [1.82, 2.24) is 5.32 Å². The van der Waals surface area contributed by atoms with Crippen molar-refractivity contribution in [3.05, 3.63) is 35.9 Å². The van der Waals surface area contributed by atoms with Crippen LogP contribution in [-0.2, 0) is 9.59 Å². The highest BCUT2D eigenvalue weighted by molar-refractivity contribution is 5.95. The fourth-order valence-corrected chi connectivity index (χ4v) is 1.90. The zero-order valence-corrected chi connectivity index (χ0v) is 13.1. The van der Waals surface area contributed by atoms with Crippen molar-refractivity contribution in [2.24, 2.45) is 5.92 Å². The van der Waals surface area contributed by atoms with E-state index in [4.69, 9.17) is 4.74 Å². The number of methoxy groups -OCH3 is 1. The van der Waals surface area contributed by atoms with Crippen molar-refractivity contribution in [3.63, 3.8) is 0 Å². The second-order valence-electron chi connectivity index (χ2n) is 5.41. The SMILES string of the molecule is COc1ccc(/C=C/C(=O)N[C@H](CC(C)C)C(C)=O)cc1. The normalized spacial score (nSPS) is 12.4. The van der Waals surface area contributed by atoms with E-state index in [1.54, 1.807) is 13.2 Å². The molecule has 1 aromatic rings. The smallest absolute Gasteiger partial charge is 0.244 e. The Labute approximate surface area is 126 Å². The van der Waals surface area contributed by atoms with Crippen LogP contribution in [0.2, 0.25) is 0 Å². The van der Waals surface area contributed by atoms with Gasteiger partial charge in [0.05, 0.1) is 13.2 Å². The molecule has 4 heteroatoms. The minimum Gasteiger partial charge on any atom is -0.497 e. The van der Waals surface area contributed by atoms with Crippen molar-refractivity contribution in [3.8, 4) is 5.75 Å². The number of hydrogen-bond donors (Lipinski definition) is 1. The third-order valence-corrected chi connectivity index (χ3v) is 3.06. The number of benzene rings is 1. The molecule has 0 aliphatic heterocycles. The van der Waals surface area contributed by atoms with E-state index in [1.165, 1.54) is 13.0 Å². The third-order valence-electron chi connectivity index (χ3n) is 3.06. The number of carbonyl (C=O) groups excluding carboxylic acids is 2. The summed E-state index contributed by atoms with van der Waals surface area (Å²) < 4.78 is 5.07. The van der Waals surface area contributed by atoms with Gasteiger partial charge in [0.1, 0.15) is 5.75 Å². The molecule has 0 bridgehead atoms. The highest BCUT2D eigenvalue weighted by Gasteiger charge is 2.16. The summed E-state index contributed by atoms with van der Waals surface area (Å²) in [6, 6.07) is 6.96. The first-order valence-corrected chi connectivity index (χ1v) is 7.05. The molecule has 4 nitrogen and oxygen atoms in total. The number of ketones is 1. The van der Waals surface area contributed by atoms with Gasteiger partial charge in [-0.25, -0.2) is 0 Å². The molecule has 1 rings (SSSR count). The first-order valence-electron chi connectivity index (χ1n) is 7.05. The van der Waals surface area contributed by atoms with Gasteiger partial charge in [-0.1, -0.05) is 26.0 Å². The lowest BCUT2D eigenvalue weighted by molar-refractivity contribution is -0.124. The Morgan fingerprint density at radius 3 is 2.33 bits per heavy atom. The maximum absolute atomic E-state index is 11.9. The first kappa shape index (κ1) is 17.0. The van der Waals surface area contributed by atoms with Crippen molar-refractivity contribution >= 4 is 17.8 Å². The van der Waals surface area contributed by atoms with E-state index in [0.29, 0.717) is 12.3 Å². The molecule has 1 atom stereocenters. The van der Waals surface area contributed by atoms with Gasteiger partial charge in [0, 0.05) is 6.08 Å². The molecule has 0 unspecified atom stereocenters. The minimum atomic E-state index is -0.419. The summed E-state index contributed by atoms with van der Waals surface area (Å²) in [5.41, 5.74) is 0.897. The lowest BCUT2D eigenvalue weighted by atomic mass is 10.0. The van der Waals surface area contributed by atoms with Crippen molar-refractivity contribution in [1.29, 1.82) is 0 Å². The topological polar surface area (TPSA) is 55.4 Å². The lowest BCUT2D eigenvalue weighted by Crippen LogP contribution is -2.39. The van der Waals surface area contributed by atoms with Gasteiger partial charge in [-0.2, -0.15) is 0 Å². The molecule has 114 valence electrons. The second-order valence-corrected chi connectivity index (χ2v) is 5.41. The standard InChI is InChI=1S/C17H23NO3/c1-12(2)11-16(13(3)19)18-17(20)10-7-14-5-8-15(21-4)9-6-14/h5-10,12,16H,11H2,1-4H3,(H,18,20)/b10-7+/t16-/m1/s1. The predicted molar refractivity (Wildman–Crippen MR) is 84.1 cm³/mol. The van der Waals surface area contributed by atoms with Crippen molar-refractivity contribution < 1.29 is 14.3 Å². The Balaban J connectivity index is 2.61. The van der Waals surface area contributed by atoms with Crippen LogP contribution in [0, 0.1) is 5.92 Å². The van der Waals surface area contributed by atoms with E-state index in [-0.39, 0.29) is 11.7 Å². The van der Waals surface area contributed by atoms with E-state index in [2.05, 4.69) is 5.32 Å². The van der Waals surface area contributed by atoms with Gasteiger partial charge in [-0.05, 0) is 43.0 Å². The molecule has 0 fully saturated rings. The van der Waals surface area contributed by atoms with E-state index in [0.717, 1.165) is 11.3 Å². The van der Waals surface area contributed by atoms with Gasteiger partial charge in [-0.3, -0.25) is 9.59 Å². The van der Waals surface area contributed by atoms with Crippen LogP contribution in [0.5, 0.6) is 5.75 Å². The van der Waals surface area contributed by atoms with Gasteiger partial charge in [-0.15, -0.1) is 0 Å². The van der Waals surface area contributed by atoms with Crippen LogP contribution in [0.15, 0.2) is 30.3 Å². The summed E-state index contributed by atoms with van der Waals surface area (Å²) in [5, 5.41) is 2.74. The molecule has 0 aliphatic carbocycles. The predicted octanol–water partition coefficient (Wildman–Crippen LogP) is 2.83. The molecule has 0 aromatic heterocycles. The highest BCUT2D eigenvalue weighted by Crippen LogP contribution is 2.12. The zero-order valence-electron chi connectivity index (χ0n) is 13.1. The second kappa shape index (κ2) is 8.25. The molecule has 1 amide bonds. The quantitative estimate of drug-likeness (QED) is 0.785. The summed E-state index contributed by atoms with van der Waals surface area (Å²) >= 11 is 0. The maximum atomic E-state index is 11.9. The molecule has 21 heavy (non-hydrogen) atoms. The molecule has 0 spiro atoms. The maximum Gasteiger partial charge on any atom is 0.244 e. The fourth-order valence-electron chi connectivity index (χ4n) is 1.90. The number of ether oxygens (including phenoxy) is 1. The number of rotatable bonds is 7.